The number of methoxy groups -OCH3 is 1. The van der Waals surface area contributed by atoms with E-state index in [-0.39, 0.29) is 5.82 Å². The van der Waals surface area contributed by atoms with Crippen molar-refractivity contribution in [1.82, 2.24) is 4.98 Å². The number of pyridine rings is 1. The van der Waals surface area contributed by atoms with Crippen molar-refractivity contribution in [1.29, 1.82) is 0 Å². The zero-order chi connectivity index (χ0) is 22.8. The molecule has 0 spiro atoms. The van der Waals surface area contributed by atoms with E-state index in [1.165, 1.54) is 36.5 Å². The van der Waals surface area contributed by atoms with Crippen molar-refractivity contribution in [2.45, 2.75) is 25.7 Å². The van der Waals surface area contributed by atoms with E-state index in [9.17, 15) is 9.18 Å². The average Bonchev–Trinajstić information content (AvgIpc) is 2.88. The first-order valence-electron chi connectivity index (χ1n) is 11.2. The van der Waals surface area contributed by atoms with Gasteiger partial charge in [0.1, 0.15) is 11.5 Å². The molecule has 0 bridgehead atoms. The summed E-state index contributed by atoms with van der Waals surface area (Å²) in [7, 11) is 1.35. The van der Waals surface area contributed by atoms with Crippen molar-refractivity contribution in [3.05, 3.63) is 102 Å². The van der Waals surface area contributed by atoms with Gasteiger partial charge in [-0.3, -0.25) is 0 Å². The van der Waals surface area contributed by atoms with Gasteiger partial charge < -0.3 is 4.74 Å². The van der Waals surface area contributed by atoms with Crippen LogP contribution in [0.3, 0.4) is 0 Å². The van der Waals surface area contributed by atoms with Gasteiger partial charge in [-0.05, 0) is 70.5 Å². The van der Waals surface area contributed by atoms with Crippen molar-refractivity contribution in [3.63, 3.8) is 0 Å². The fourth-order valence-corrected chi connectivity index (χ4v) is 4.69. The topological polar surface area (TPSA) is 39.2 Å². The highest BCUT2D eigenvalue weighted by Crippen LogP contribution is 2.34. The standard InChI is InChI=1S/C18H15F.C11H9NO2/c19-18-11-17-13-6-2-1-5-12(13)9-10-15(17)14-7-3-4-8-16(14)18;1-14-11(13)10-6-8-4-2-3-5-9(8)7-12-10/h3-4,7-11H,1-2,5-6H2;2-7H,1H3. The van der Waals surface area contributed by atoms with E-state index in [0.29, 0.717) is 5.69 Å². The molecule has 0 saturated carbocycles. The first kappa shape index (κ1) is 21.1. The van der Waals surface area contributed by atoms with Crippen LogP contribution >= 0.6 is 0 Å². The molecule has 0 N–H and O–H groups in total. The molecule has 0 atom stereocenters. The normalized spacial score (nSPS) is 12.8. The molecule has 0 radical (unpaired) electrons. The molecule has 0 aliphatic heterocycles. The van der Waals surface area contributed by atoms with Crippen molar-refractivity contribution in [3.8, 4) is 0 Å². The van der Waals surface area contributed by atoms with Crippen LogP contribution in [0.15, 0.2) is 79.0 Å². The minimum Gasteiger partial charge on any atom is -0.464 e. The molecule has 5 aromatic rings. The molecule has 1 heterocycles. The van der Waals surface area contributed by atoms with Crippen LogP contribution in [0, 0.1) is 5.82 Å². The van der Waals surface area contributed by atoms with Gasteiger partial charge in [0.25, 0.3) is 0 Å². The van der Waals surface area contributed by atoms with Gasteiger partial charge in [0.15, 0.2) is 0 Å². The number of hydrogen-bond donors (Lipinski definition) is 0. The maximum absolute atomic E-state index is 14.3. The molecule has 0 fully saturated rings. The SMILES string of the molecule is COC(=O)c1cc2ccccc2cn1.Fc1cc2c3c(ccc2c2ccccc12)CCCC3. The van der Waals surface area contributed by atoms with Crippen LogP contribution in [-0.2, 0) is 17.6 Å². The molecule has 33 heavy (non-hydrogen) atoms. The summed E-state index contributed by atoms with van der Waals surface area (Å²) in [5, 5.41) is 6.07. The Kier molecular flexibility index (Phi) is 5.74. The minimum absolute atomic E-state index is 0.0953. The summed E-state index contributed by atoms with van der Waals surface area (Å²) < 4.78 is 18.9. The number of aryl methyl sites for hydroxylation is 2. The maximum atomic E-state index is 14.3. The van der Waals surface area contributed by atoms with Crippen LogP contribution in [0.5, 0.6) is 0 Å². The van der Waals surface area contributed by atoms with Crippen LogP contribution in [-0.4, -0.2) is 18.1 Å². The summed E-state index contributed by atoms with van der Waals surface area (Å²) in [5.41, 5.74) is 3.12. The third-order valence-corrected chi connectivity index (χ3v) is 6.35. The molecule has 1 aromatic heterocycles. The van der Waals surface area contributed by atoms with Crippen LogP contribution in [0.25, 0.3) is 32.3 Å². The fourth-order valence-electron chi connectivity index (χ4n) is 4.69. The largest absolute Gasteiger partial charge is 0.464 e. The summed E-state index contributed by atoms with van der Waals surface area (Å²) in [4.78, 5) is 15.2. The number of esters is 1. The monoisotopic (exact) mass is 437 g/mol. The highest BCUT2D eigenvalue weighted by molar-refractivity contribution is 6.09. The van der Waals surface area contributed by atoms with Gasteiger partial charge >= 0.3 is 5.97 Å². The maximum Gasteiger partial charge on any atom is 0.356 e. The van der Waals surface area contributed by atoms with E-state index in [4.69, 9.17) is 0 Å². The Morgan fingerprint density at radius 2 is 1.52 bits per heavy atom. The average molecular weight is 438 g/mol. The highest BCUT2D eigenvalue weighted by Gasteiger charge is 2.15. The van der Waals surface area contributed by atoms with Gasteiger partial charge in [0.2, 0.25) is 0 Å². The Labute approximate surface area is 191 Å². The molecule has 0 unspecified atom stereocenters. The summed E-state index contributed by atoms with van der Waals surface area (Å²) in [6.07, 6.45) is 6.38. The molecular formula is C29H24FNO2. The Hall–Kier alpha value is -3.79. The third-order valence-electron chi connectivity index (χ3n) is 6.35. The fraction of sp³-hybridized carbons (Fsp3) is 0.172. The number of rotatable bonds is 1. The smallest absolute Gasteiger partial charge is 0.356 e. The van der Waals surface area contributed by atoms with E-state index >= 15 is 0 Å². The number of aromatic nitrogens is 1. The van der Waals surface area contributed by atoms with Crippen molar-refractivity contribution >= 4 is 38.3 Å². The second-order valence-electron chi connectivity index (χ2n) is 8.32. The zero-order valence-electron chi connectivity index (χ0n) is 18.5. The number of halogens is 1. The van der Waals surface area contributed by atoms with Crippen LogP contribution in [0.4, 0.5) is 4.39 Å². The molecule has 6 rings (SSSR count). The second kappa shape index (κ2) is 8.99. The number of benzene rings is 4. The van der Waals surface area contributed by atoms with Crippen molar-refractivity contribution in [2.24, 2.45) is 0 Å². The van der Waals surface area contributed by atoms with Crippen LogP contribution in [0.1, 0.15) is 34.5 Å². The second-order valence-corrected chi connectivity index (χ2v) is 8.32. The lowest BCUT2D eigenvalue weighted by Crippen LogP contribution is -2.03. The predicted octanol–water partition coefficient (Wildman–Crippen LogP) is 7.03. The van der Waals surface area contributed by atoms with Crippen molar-refractivity contribution in [2.75, 3.05) is 7.11 Å². The van der Waals surface area contributed by atoms with E-state index in [2.05, 4.69) is 21.9 Å². The molecule has 164 valence electrons. The lowest BCUT2D eigenvalue weighted by molar-refractivity contribution is 0.0594. The lowest BCUT2D eigenvalue weighted by Gasteiger charge is -2.19. The van der Waals surface area contributed by atoms with E-state index in [0.717, 1.165) is 39.8 Å². The number of carbonyl (C=O) groups is 1. The molecule has 0 saturated heterocycles. The first-order valence-corrected chi connectivity index (χ1v) is 11.2. The number of nitrogens with zero attached hydrogens (tertiary/aromatic N) is 1. The molecule has 3 nitrogen and oxygen atoms in total. The van der Waals surface area contributed by atoms with E-state index in [1.807, 2.05) is 48.5 Å². The number of fused-ring (bicyclic) bond motifs is 6. The summed E-state index contributed by atoms with van der Waals surface area (Å²) in [6, 6.07) is 23.4. The summed E-state index contributed by atoms with van der Waals surface area (Å²) in [6.45, 7) is 0. The summed E-state index contributed by atoms with van der Waals surface area (Å²) >= 11 is 0. The number of hydrogen-bond acceptors (Lipinski definition) is 3. The Bertz CT molecular complexity index is 1490. The van der Waals surface area contributed by atoms with Crippen LogP contribution < -0.4 is 0 Å². The quantitative estimate of drug-likeness (QED) is 0.209. The van der Waals surface area contributed by atoms with E-state index < -0.39 is 5.97 Å². The summed E-state index contributed by atoms with van der Waals surface area (Å²) in [5.74, 6) is -0.502. The molecule has 1 aliphatic rings. The lowest BCUT2D eigenvalue weighted by atomic mass is 9.86. The minimum atomic E-state index is -0.407. The third kappa shape index (κ3) is 4.05. The Morgan fingerprint density at radius 1 is 0.818 bits per heavy atom. The van der Waals surface area contributed by atoms with Gasteiger partial charge in [-0.2, -0.15) is 0 Å². The predicted molar refractivity (Wildman–Crippen MR) is 131 cm³/mol. The van der Waals surface area contributed by atoms with Gasteiger partial charge in [-0.25, -0.2) is 14.2 Å². The Balaban J connectivity index is 0.000000146. The van der Waals surface area contributed by atoms with Crippen molar-refractivity contribution < 1.29 is 13.9 Å². The Morgan fingerprint density at radius 3 is 2.33 bits per heavy atom. The van der Waals surface area contributed by atoms with Crippen LogP contribution in [0.2, 0.25) is 0 Å². The van der Waals surface area contributed by atoms with Gasteiger partial charge in [-0.1, -0.05) is 60.7 Å². The highest BCUT2D eigenvalue weighted by atomic mass is 19.1. The van der Waals surface area contributed by atoms with E-state index in [1.54, 1.807) is 18.3 Å². The first-order chi connectivity index (χ1) is 16.2. The molecule has 4 aromatic carbocycles. The number of ether oxygens (including phenoxy) is 1. The molecule has 1 aliphatic carbocycles. The zero-order valence-corrected chi connectivity index (χ0v) is 18.5. The van der Waals surface area contributed by atoms with Gasteiger partial charge in [0.05, 0.1) is 7.11 Å². The van der Waals surface area contributed by atoms with Gasteiger partial charge in [0, 0.05) is 17.0 Å². The molecule has 4 heteroatoms. The molecular weight excluding hydrogens is 413 g/mol. The number of carbonyl (C=O) groups excluding carboxylic acids is 1. The van der Waals surface area contributed by atoms with Gasteiger partial charge in [-0.15, -0.1) is 0 Å². The molecule has 0 amide bonds.